The lowest BCUT2D eigenvalue weighted by Gasteiger charge is -2.16. The second kappa shape index (κ2) is 8.22. The Morgan fingerprint density at radius 1 is 1.09 bits per heavy atom. The van der Waals surface area contributed by atoms with Gasteiger partial charge in [0.2, 0.25) is 0 Å². The summed E-state index contributed by atoms with van der Waals surface area (Å²) in [4.78, 5) is 12.2. The fourth-order valence-corrected chi connectivity index (χ4v) is 2.33. The zero-order valence-corrected chi connectivity index (χ0v) is 13.8. The molecule has 0 bridgehead atoms. The van der Waals surface area contributed by atoms with Gasteiger partial charge in [0.05, 0.1) is 7.11 Å². The van der Waals surface area contributed by atoms with Crippen LogP contribution >= 0.6 is 0 Å². The predicted molar refractivity (Wildman–Crippen MR) is 92.3 cm³/mol. The lowest BCUT2D eigenvalue weighted by Crippen LogP contribution is -2.21. The molecule has 0 aliphatic heterocycles. The van der Waals surface area contributed by atoms with Crippen molar-refractivity contribution in [1.29, 1.82) is 0 Å². The summed E-state index contributed by atoms with van der Waals surface area (Å²) in [6.45, 7) is 4.22. The molecule has 0 aliphatic carbocycles. The van der Waals surface area contributed by atoms with E-state index in [0.717, 1.165) is 17.7 Å². The number of amides is 1. The minimum absolute atomic E-state index is 0.0603. The van der Waals surface area contributed by atoms with Crippen molar-refractivity contribution in [3.05, 3.63) is 54.1 Å². The van der Waals surface area contributed by atoms with Crippen LogP contribution in [0.1, 0.15) is 31.7 Å². The van der Waals surface area contributed by atoms with E-state index in [1.807, 2.05) is 36.4 Å². The minimum atomic E-state index is -0.188. The van der Waals surface area contributed by atoms with E-state index in [9.17, 15) is 4.79 Å². The highest BCUT2D eigenvalue weighted by molar-refractivity contribution is 5.92. The monoisotopic (exact) mass is 313 g/mol. The van der Waals surface area contributed by atoms with Crippen LogP contribution in [0.4, 0.5) is 5.69 Å². The summed E-state index contributed by atoms with van der Waals surface area (Å²) >= 11 is 0. The zero-order chi connectivity index (χ0) is 16.7. The summed E-state index contributed by atoms with van der Waals surface area (Å²) in [5.41, 5.74) is 1.98. The first-order chi connectivity index (χ1) is 11.2. The van der Waals surface area contributed by atoms with E-state index in [4.69, 9.17) is 9.47 Å². The van der Waals surface area contributed by atoms with Crippen LogP contribution in [-0.4, -0.2) is 19.6 Å². The minimum Gasteiger partial charge on any atom is -0.493 e. The molecule has 2 aromatic carbocycles. The van der Waals surface area contributed by atoms with Crippen LogP contribution in [0.3, 0.4) is 0 Å². The third kappa shape index (κ3) is 4.49. The topological polar surface area (TPSA) is 47.6 Å². The summed E-state index contributed by atoms with van der Waals surface area (Å²) < 4.78 is 10.8. The molecule has 1 N–H and O–H groups in total. The SMILES string of the molecule is CCC(C)c1ccccc1NC(=O)COc1ccccc1OC. The van der Waals surface area contributed by atoms with Crippen LogP contribution in [-0.2, 0) is 4.79 Å². The molecule has 23 heavy (non-hydrogen) atoms. The van der Waals surface area contributed by atoms with Crippen molar-refractivity contribution in [3.63, 3.8) is 0 Å². The van der Waals surface area contributed by atoms with E-state index < -0.39 is 0 Å². The standard InChI is InChI=1S/C19H23NO3/c1-4-14(2)15-9-5-6-10-16(15)20-19(21)13-23-18-12-8-7-11-17(18)22-3/h5-12,14H,4,13H2,1-3H3,(H,20,21). The maximum absolute atomic E-state index is 12.2. The zero-order valence-electron chi connectivity index (χ0n) is 13.8. The van der Waals surface area contributed by atoms with Crippen LogP contribution in [0.5, 0.6) is 11.5 Å². The molecule has 0 spiro atoms. The molecule has 2 rings (SSSR count). The van der Waals surface area contributed by atoms with Gasteiger partial charge in [-0.1, -0.05) is 44.2 Å². The van der Waals surface area contributed by atoms with Crippen molar-refractivity contribution >= 4 is 11.6 Å². The molecule has 4 heteroatoms. The number of hydrogen-bond donors (Lipinski definition) is 1. The van der Waals surface area contributed by atoms with Gasteiger partial charge in [-0.05, 0) is 36.1 Å². The van der Waals surface area contributed by atoms with Gasteiger partial charge in [-0.3, -0.25) is 4.79 Å². The van der Waals surface area contributed by atoms with E-state index in [2.05, 4.69) is 19.2 Å². The van der Waals surface area contributed by atoms with Crippen molar-refractivity contribution < 1.29 is 14.3 Å². The van der Waals surface area contributed by atoms with Gasteiger partial charge in [-0.15, -0.1) is 0 Å². The van der Waals surface area contributed by atoms with E-state index >= 15 is 0 Å². The van der Waals surface area contributed by atoms with Crippen molar-refractivity contribution in [3.8, 4) is 11.5 Å². The Morgan fingerprint density at radius 2 is 1.74 bits per heavy atom. The van der Waals surface area contributed by atoms with E-state index in [0.29, 0.717) is 17.4 Å². The second-order valence-electron chi connectivity index (χ2n) is 5.38. The Kier molecular flexibility index (Phi) is 6.03. The summed E-state index contributed by atoms with van der Waals surface area (Å²) in [5.74, 6) is 1.37. The fourth-order valence-electron chi connectivity index (χ4n) is 2.33. The van der Waals surface area contributed by atoms with Gasteiger partial charge in [0, 0.05) is 5.69 Å². The van der Waals surface area contributed by atoms with Crippen LogP contribution in [0.25, 0.3) is 0 Å². The van der Waals surface area contributed by atoms with Gasteiger partial charge >= 0.3 is 0 Å². The molecule has 0 saturated carbocycles. The number of rotatable bonds is 7. The molecular weight excluding hydrogens is 290 g/mol. The first-order valence-corrected chi connectivity index (χ1v) is 7.80. The first-order valence-electron chi connectivity index (χ1n) is 7.80. The fraction of sp³-hybridized carbons (Fsp3) is 0.316. The Morgan fingerprint density at radius 3 is 2.43 bits per heavy atom. The highest BCUT2D eigenvalue weighted by atomic mass is 16.5. The lowest BCUT2D eigenvalue weighted by molar-refractivity contribution is -0.118. The molecule has 0 saturated heterocycles. The van der Waals surface area contributed by atoms with Gasteiger partial charge in [0.25, 0.3) is 5.91 Å². The molecule has 1 atom stereocenters. The molecule has 0 radical (unpaired) electrons. The maximum atomic E-state index is 12.2. The highest BCUT2D eigenvalue weighted by Gasteiger charge is 2.12. The molecule has 4 nitrogen and oxygen atoms in total. The van der Waals surface area contributed by atoms with Gasteiger partial charge in [0.15, 0.2) is 18.1 Å². The molecule has 2 aromatic rings. The van der Waals surface area contributed by atoms with Crippen molar-refractivity contribution in [2.45, 2.75) is 26.2 Å². The van der Waals surface area contributed by atoms with Gasteiger partial charge < -0.3 is 14.8 Å². The van der Waals surface area contributed by atoms with Crippen molar-refractivity contribution in [2.24, 2.45) is 0 Å². The Labute approximate surface area is 137 Å². The number of benzene rings is 2. The van der Waals surface area contributed by atoms with Crippen LogP contribution < -0.4 is 14.8 Å². The number of ether oxygens (including phenoxy) is 2. The molecule has 1 unspecified atom stereocenters. The highest BCUT2D eigenvalue weighted by Crippen LogP contribution is 2.27. The van der Waals surface area contributed by atoms with Gasteiger partial charge in [-0.25, -0.2) is 0 Å². The quantitative estimate of drug-likeness (QED) is 0.832. The smallest absolute Gasteiger partial charge is 0.262 e. The number of methoxy groups -OCH3 is 1. The van der Waals surface area contributed by atoms with Crippen molar-refractivity contribution in [2.75, 3.05) is 19.0 Å². The average molecular weight is 313 g/mol. The largest absolute Gasteiger partial charge is 0.493 e. The van der Waals surface area contributed by atoms with Crippen LogP contribution in [0, 0.1) is 0 Å². The maximum Gasteiger partial charge on any atom is 0.262 e. The number of carbonyl (C=O) groups is 1. The van der Waals surface area contributed by atoms with Crippen LogP contribution in [0.2, 0.25) is 0 Å². The molecule has 1 amide bonds. The molecule has 122 valence electrons. The number of hydrogen-bond acceptors (Lipinski definition) is 3. The van der Waals surface area contributed by atoms with Crippen molar-refractivity contribution in [1.82, 2.24) is 0 Å². The summed E-state index contributed by atoms with van der Waals surface area (Å²) in [5, 5.41) is 2.93. The summed E-state index contributed by atoms with van der Waals surface area (Å²) in [6.07, 6.45) is 1.02. The third-order valence-electron chi connectivity index (χ3n) is 3.81. The lowest BCUT2D eigenvalue weighted by atomic mass is 9.97. The Bertz CT molecular complexity index is 655. The molecule has 0 aromatic heterocycles. The van der Waals surface area contributed by atoms with Gasteiger partial charge in [-0.2, -0.15) is 0 Å². The molecule has 0 heterocycles. The Hall–Kier alpha value is -2.49. The van der Waals surface area contributed by atoms with E-state index in [1.54, 1.807) is 19.2 Å². The third-order valence-corrected chi connectivity index (χ3v) is 3.81. The first kappa shape index (κ1) is 16.9. The predicted octanol–water partition coefficient (Wildman–Crippen LogP) is 4.23. The van der Waals surface area contributed by atoms with E-state index in [-0.39, 0.29) is 12.5 Å². The molecule has 0 aliphatic rings. The summed E-state index contributed by atoms with van der Waals surface area (Å²) in [6, 6.07) is 15.1. The number of anilines is 1. The summed E-state index contributed by atoms with van der Waals surface area (Å²) in [7, 11) is 1.57. The number of nitrogens with one attached hydrogen (secondary N) is 1. The molecule has 0 fully saturated rings. The van der Waals surface area contributed by atoms with Crippen LogP contribution in [0.15, 0.2) is 48.5 Å². The number of para-hydroxylation sites is 3. The second-order valence-corrected chi connectivity index (χ2v) is 5.38. The normalized spacial score (nSPS) is 11.6. The molecular formula is C19H23NO3. The number of carbonyl (C=O) groups excluding carboxylic acids is 1. The van der Waals surface area contributed by atoms with E-state index in [1.165, 1.54) is 0 Å². The Balaban J connectivity index is 2.00. The van der Waals surface area contributed by atoms with Gasteiger partial charge in [0.1, 0.15) is 0 Å². The average Bonchev–Trinajstić information content (AvgIpc) is 2.60.